The van der Waals surface area contributed by atoms with Gasteiger partial charge in [-0.3, -0.25) is 0 Å². The summed E-state index contributed by atoms with van der Waals surface area (Å²) < 4.78 is 2.00. The molecule has 0 saturated heterocycles. The highest BCUT2D eigenvalue weighted by Crippen LogP contribution is 2.41. The number of benzene rings is 1. The summed E-state index contributed by atoms with van der Waals surface area (Å²) in [6, 6.07) is 9.50. The molecule has 1 saturated carbocycles. The van der Waals surface area contributed by atoms with Crippen LogP contribution in [0.5, 0.6) is 0 Å². The lowest BCUT2D eigenvalue weighted by Crippen LogP contribution is -2.20. The molecule has 2 aromatic heterocycles. The Morgan fingerprint density at radius 3 is 2.62 bits per heavy atom. The van der Waals surface area contributed by atoms with Gasteiger partial charge in [0, 0.05) is 17.3 Å². The maximum atomic E-state index is 12.1. The number of carbonyl (C=O) groups excluding carboxylic acids is 1. The third kappa shape index (κ3) is 3.42. The summed E-state index contributed by atoms with van der Waals surface area (Å²) in [5, 5.41) is 10.2. The summed E-state index contributed by atoms with van der Waals surface area (Å²) in [4.78, 5) is 20.1. The third-order valence-corrected chi connectivity index (χ3v) is 4.38. The Kier molecular flexibility index (Phi) is 4.12. The summed E-state index contributed by atoms with van der Waals surface area (Å²) in [6.07, 6.45) is 5.48. The molecule has 2 amide bonds. The fourth-order valence-electron chi connectivity index (χ4n) is 2.88. The number of aromatic nitrogens is 4. The highest BCUT2D eigenvalue weighted by atomic mass is 16.2. The van der Waals surface area contributed by atoms with Gasteiger partial charge in [0.05, 0.1) is 29.0 Å². The second-order valence-corrected chi connectivity index (χ2v) is 6.54. The molecular formula is C19H20N6O. The number of anilines is 2. The van der Waals surface area contributed by atoms with E-state index < -0.39 is 0 Å². The predicted molar refractivity (Wildman–Crippen MR) is 99.7 cm³/mol. The second-order valence-electron chi connectivity index (χ2n) is 6.54. The maximum Gasteiger partial charge on any atom is 0.323 e. The lowest BCUT2D eigenvalue weighted by molar-refractivity contribution is 0.262. The number of rotatable bonds is 4. The zero-order valence-corrected chi connectivity index (χ0v) is 14.7. The summed E-state index contributed by atoms with van der Waals surface area (Å²) >= 11 is 0. The Labute approximate surface area is 151 Å². The van der Waals surface area contributed by atoms with Gasteiger partial charge < -0.3 is 10.6 Å². The largest absolute Gasteiger partial charge is 0.323 e. The van der Waals surface area contributed by atoms with Crippen LogP contribution in [0.15, 0.2) is 42.9 Å². The highest BCUT2D eigenvalue weighted by Gasteiger charge is 2.28. The van der Waals surface area contributed by atoms with E-state index in [2.05, 4.69) is 31.8 Å². The molecule has 3 aromatic rings. The van der Waals surface area contributed by atoms with E-state index in [4.69, 9.17) is 0 Å². The fourth-order valence-corrected chi connectivity index (χ4v) is 2.88. The molecule has 1 fully saturated rings. The standard InChI is InChI=1S/C19H20N6O/c1-12-9-18(14-3-4-14)25(24-12)16-7-5-15(6-8-16)22-19(26)23-17-10-20-11-21-13(17)2/h5-11,14H,3-4H2,1-2H3,(H2,22,23,26). The maximum absolute atomic E-state index is 12.1. The molecule has 0 spiro atoms. The molecule has 0 aliphatic heterocycles. The van der Waals surface area contributed by atoms with E-state index in [0.717, 1.165) is 11.4 Å². The number of nitrogens with zero attached hydrogens (tertiary/aromatic N) is 4. The molecule has 1 aliphatic rings. The van der Waals surface area contributed by atoms with E-state index in [9.17, 15) is 4.79 Å². The van der Waals surface area contributed by atoms with Crippen LogP contribution in [0.3, 0.4) is 0 Å². The van der Waals surface area contributed by atoms with Gasteiger partial charge in [-0.05, 0) is 57.0 Å². The molecule has 26 heavy (non-hydrogen) atoms. The molecule has 0 radical (unpaired) electrons. The lowest BCUT2D eigenvalue weighted by Gasteiger charge is -2.10. The molecule has 4 rings (SSSR count). The topological polar surface area (TPSA) is 84.7 Å². The van der Waals surface area contributed by atoms with E-state index in [-0.39, 0.29) is 6.03 Å². The van der Waals surface area contributed by atoms with Crippen LogP contribution in [0, 0.1) is 13.8 Å². The summed E-state index contributed by atoms with van der Waals surface area (Å²) in [5.74, 6) is 0.621. The zero-order valence-electron chi connectivity index (χ0n) is 14.7. The molecule has 132 valence electrons. The first kappa shape index (κ1) is 16.3. The van der Waals surface area contributed by atoms with Gasteiger partial charge in [-0.1, -0.05) is 0 Å². The first-order valence-corrected chi connectivity index (χ1v) is 8.62. The van der Waals surface area contributed by atoms with E-state index in [1.165, 1.54) is 24.9 Å². The number of carbonyl (C=O) groups is 1. The van der Waals surface area contributed by atoms with Crippen molar-refractivity contribution in [3.63, 3.8) is 0 Å². The minimum atomic E-state index is -0.329. The molecule has 1 aliphatic carbocycles. The second kappa shape index (κ2) is 6.59. The molecule has 1 aromatic carbocycles. The van der Waals surface area contributed by atoms with Crippen LogP contribution in [0.1, 0.15) is 35.8 Å². The number of hydrogen-bond acceptors (Lipinski definition) is 4. The number of urea groups is 1. The van der Waals surface area contributed by atoms with Gasteiger partial charge in [0.1, 0.15) is 6.33 Å². The SMILES string of the molecule is Cc1cc(C2CC2)n(-c2ccc(NC(=O)Nc3cncnc3C)cc2)n1. The predicted octanol–water partition coefficient (Wildman–Crippen LogP) is 3.80. The average Bonchev–Trinajstić information content (AvgIpc) is 3.40. The Balaban J connectivity index is 1.46. The monoisotopic (exact) mass is 348 g/mol. The van der Waals surface area contributed by atoms with Crippen molar-refractivity contribution in [3.8, 4) is 5.69 Å². The van der Waals surface area contributed by atoms with Crippen LogP contribution in [-0.4, -0.2) is 25.8 Å². The van der Waals surface area contributed by atoms with Crippen molar-refractivity contribution in [1.29, 1.82) is 0 Å². The van der Waals surface area contributed by atoms with E-state index in [0.29, 0.717) is 23.0 Å². The molecule has 2 heterocycles. The van der Waals surface area contributed by atoms with Crippen LogP contribution < -0.4 is 10.6 Å². The van der Waals surface area contributed by atoms with Gasteiger partial charge >= 0.3 is 6.03 Å². The minimum Gasteiger partial charge on any atom is -0.308 e. The van der Waals surface area contributed by atoms with Gasteiger partial charge in [0.25, 0.3) is 0 Å². The average molecular weight is 348 g/mol. The Morgan fingerprint density at radius 2 is 1.92 bits per heavy atom. The Bertz CT molecular complexity index is 943. The van der Waals surface area contributed by atoms with E-state index >= 15 is 0 Å². The smallest absolute Gasteiger partial charge is 0.308 e. The van der Waals surface area contributed by atoms with Crippen molar-refractivity contribution in [2.45, 2.75) is 32.6 Å². The van der Waals surface area contributed by atoms with Crippen molar-refractivity contribution >= 4 is 17.4 Å². The Morgan fingerprint density at radius 1 is 1.15 bits per heavy atom. The van der Waals surface area contributed by atoms with Crippen molar-refractivity contribution in [2.24, 2.45) is 0 Å². The van der Waals surface area contributed by atoms with Crippen molar-refractivity contribution < 1.29 is 4.79 Å². The minimum absolute atomic E-state index is 0.329. The zero-order chi connectivity index (χ0) is 18.1. The third-order valence-electron chi connectivity index (χ3n) is 4.38. The molecule has 0 unspecified atom stereocenters. The van der Waals surface area contributed by atoms with Gasteiger partial charge in [-0.15, -0.1) is 0 Å². The van der Waals surface area contributed by atoms with E-state index in [1.54, 1.807) is 6.20 Å². The van der Waals surface area contributed by atoms with Crippen molar-refractivity contribution in [1.82, 2.24) is 19.7 Å². The first-order valence-electron chi connectivity index (χ1n) is 8.62. The lowest BCUT2D eigenvalue weighted by atomic mass is 10.2. The van der Waals surface area contributed by atoms with Gasteiger partial charge in [-0.25, -0.2) is 19.4 Å². The Hall–Kier alpha value is -3.22. The first-order chi connectivity index (χ1) is 12.6. The quantitative estimate of drug-likeness (QED) is 0.751. The van der Waals surface area contributed by atoms with Gasteiger partial charge in [0.2, 0.25) is 0 Å². The number of amides is 2. The van der Waals surface area contributed by atoms with Crippen molar-refractivity contribution in [3.05, 3.63) is 59.9 Å². The highest BCUT2D eigenvalue weighted by molar-refractivity contribution is 5.99. The van der Waals surface area contributed by atoms with Crippen LogP contribution >= 0.6 is 0 Å². The number of nitrogens with one attached hydrogen (secondary N) is 2. The molecule has 2 N–H and O–H groups in total. The van der Waals surface area contributed by atoms with Crippen molar-refractivity contribution in [2.75, 3.05) is 10.6 Å². The molecule has 7 nitrogen and oxygen atoms in total. The van der Waals surface area contributed by atoms with Crippen LogP contribution in [0.25, 0.3) is 5.69 Å². The summed E-state index contributed by atoms with van der Waals surface area (Å²) in [7, 11) is 0. The van der Waals surface area contributed by atoms with E-state index in [1.807, 2.05) is 42.8 Å². The van der Waals surface area contributed by atoms with Crippen LogP contribution in [0.4, 0.5) is 16.2 Å². The van der Waals surface area contributed by atoms with Crippen LogP contribution in [-0.2, 0) is 0 Å². The molecule has 7 heteroatoms. The number of hydrogen-bond donors (Lipinski definition) is 2. The molecular weight excluding hydrogens is 328 g/mol. The summed E-state index contributed by atoms with van der Waals surface area (Å²) in [6.45, 7) is 3.83. The fraction of sp³-hybridized carbons (Fsp3) is 0.263. The van der Waals surface area contributed by atoms with Crippen LogP contribution in [0.2, 0.25) is 0 Å². The summed E-state index contributed by atoms with van der Waals surface area (Å²) in [5.41, 5.74) is 5.29. The number of aryl methyl sites for hydroxylation is 2. The van der Waals surface area contributed by atoms with Gasteiger partial charge in [-0.2, -0.15) is 5.10 Å². The normalized spacial score (nSPS) is 13.5. The molecule has 0 bridgehead atoms. The van der Waals surface area contributed by atoms with Gasteiger partial charge in [0.15, 0.2) is 0 Å². The molecule has 0 atom stereocenters.